The Bertz CT molecular complexity index is 1200. The first-order valence-corrected chi connectivity index (χ1v) is 12.7. The van der Waals surface area contributed by atoms with Crippen LogP contribution in [0.2, 0.25) is 0 Å². The summed E-state index contributed by atoms with van der Waals surface area (Å²) in [5.74, 6) is 1.89. The Morgan fingerprint density at radius 3 is 2.49 bits per heavy atom. The quantitative estimate of drug-likeness (QED) is 0.314. The molecule has 0 unspecified atom stereocenters. The van der Waals surface area contributed by atoms with Gasteiger partial charge in [-0.25, -0.2) is 0 Å². The number of hydrogen-bond acceptors (Lipinski definition) is 7. The van der Waals surface area contributed by atoms with E-state index < -0.39 is 0 Å². The van der Waals surface area contributed by atoms with Crippen LogP contribution in [0.15, 0.2) is 47.6 Å². The lowest BCUT2D eigenvalue weighted by molar-refractivity contribution is -0.113. The second kappa shape index (κ2) is 11.4. The minimum Gasteiger partial charge on any atom is -0.493 e. The molecule has 35 heavy (non-hydrogen) atoms. The maximum Gasteiger partial charge on any atom is 0.234 e. The van der Waals surface area contributed by atoms with E-state index >= 15 is 0 Å². The van der Waals surface area contributed by atoms with Crippen molar-refractivity contribution in [2.45, 2.75) is 50.2 Å². The van der Waals surface area contributed by atoms with E-state index in [0.717, 1.165) is 37.1 Å². The molecule has 0 saturated heterocycles. The van der Waals surface area contributed by atoms with Gasteiger partial charge < -0.3 is 14.8 Å². The van der Waals surface area contributed by atoms with Crippen LogP contribution in [0.4, 0.5) is 5.69 Å². The fourth-order valence-electron chi connectivity index (χ4n) is 4.43. The summed E-state index contributed by atoms with van der Waals surface area (Å²) in [5.41, 5.74) is 1.89. The van der Waals surface area contributed by atoms with Crippen molar-refractivity contribution < 1.29 is 19.1 Å². The molecule has 3 aromatic rings. The Labute approximate surface area is 209 Å². The maximum atomic E-state index is 12.7. The number of benzene rings is 2. The number of carbonyl (C=O) groups is 2. The molecule has 4 rings (SSSR count). The first kappa shape index (κ1) is 24.8. The normalized spacial score (nSPS) is 13.9. The van der Waals surface area contributed by atoms with Gasteiger partial charge in [0.25, 0.3) is 0 Å². The zero-order chi connectivity index (χ0) is 24.8. The van der Waals surface area contributed by atoms with E-state index in [1.165, 1.54) is 25.1 Å². The van der Waals surface area contributed by atoms with Crippen LogP contribution in [0.5, 0.6) is 11.5 Å². The van der Waals surface area contributed by atoms with E-state index in [1.807, 2.05) is 18.2 Å². The lowest BCUT2D eigenvalue weighted by atomic mass is 9.95. The molecule has 1 aliphatic rings. The SMILES string of the molecule is COc1ccc(-c2nnc(SCC(=O)Nc3ccccc3C(C)=O)n2C2CCCCC2)cc1OC. The van der Waals surface area contributed by atoms with Gasteiger partial charge in [-0.2, -0.15) is 0 Å². The lowest BCUT2D eigenvalue weighted by Gasteiger charge is -2.25. The third kappa shape index (κ3) is 5.67. The average molecular weight is 495 g/mol. The summed E-state index contributed by atoms with van der Waals surface area (Å²) in [6.45, 7) is 1.49. The minimum atomic E-state index is -0.199. The fraction of sp³-hybridized carbons (Fsp3) is 0.385. The molecule has 0 spiro atoms. The van der Waals surface area contributed by atoms with Gasteiger partial charge in [0.05, 0.1) is 25.7 Å². The van der Waals surface area contributed by atoms with Gasteiger partial charge in [0.15, 0.2) is 28.3 Å². The Kier molecular flexibility index (Phi) is 8.07. The number of amides is 1. The fourth-order valence-corrected chi connectivity index (χ4v) is 5.24. The van der Waals surface area contributed by atoms with E-state index in [1.54, 1.807) is 38.5 Å². The molecule has 184 valence electrons. The third-order valence-electron chi connectivity index (χ3n) is 6.16. The van der Waals surface area contributed by atoms with E-state index in [2.05, 4.69) is 20.1 Å². The molecule has 0 radical (unpaired) electrons. The molecule has 1 aliphatic carbocycles. The Morgan fingerprint density at radius 1 is 1.03 bits per heavy atom. The van der Waals surface area contributed by atoms with E-state index in [-0.39, 0.29) is 23.5 Å². The minimum absolute atomic E-state index is 0.0924. The first-order valence-electron chi connectivity index (χ1n) is 11.7. The predicted octanol–water partition coefficient (Wildman–Crippen LogP) is 5.40. The van der Waals surface area contributed by atoms with Crippen LogP contribution in [-0.4, -0.2) is 46.4 Å². The largest absolute Gasteiger partial charge is 0.493 e. The van der Waals surface area contributed by atoms with E-state index in [0.29, 0.717) is 27.9 Å². The number of nitrogens with one attached hydrogen (secondary N) is 1. The van der Waals surface area contributed by atoms with Crippen molar-refractivity contribution in [3.63, 3.8) is 0 Å². The highest BCUT2D eigenvalue weighted by atomic mass is 32.2. The van der Waals surface area contributed by atoms with Crippen LogP contribution in [0.3, 0.4) is 0 Å². The summed E-state index contributed by atoms with van der Waals surface area (Å²) in [7, 11) is 3.22. The number of carbonyl (C=O) groups excluding carboxylic acids is 2. The highest BCUT2D eigenvalue weighted by Crippen LogP contribution is 2.38. The van der Waals surface area contributed by atoms with Gasteiger partial charge >= 0.3 is 0 Å². The summed E-state index contributed by atoms with van der Waals surface area (Å²) < 4.78 is 13.0. The van der Waals surface area contributed by atoms with Crippen LogP contribution < -0.4 is 14.8 Å². The Hall–Kier alpha value is -3.33. The average Bonchev–Trinajstić information content (AvgIpc) is 3.31. The van der Waals surface area contributed by atoms with Gasteiger partial charge in [0.2, 0.25) is 5.91 Å². The highest BCUT2D eigenvalue weighted by Gasteiger charge is 2.25. The molecule has 9 heteroatoms. The smallest absolute Gasteiger partial charge is 0.234 e. The highest BCUT2D eigenvalue weighted by molar-refractivity contribution is 7.99. The van der Waals surface area contributed by atoms with Crippen molar-refractivity contribution in [2.75, 3.05) is 25.3 Å². The zero-order valence-electron chi connectivity index (χ0n) is 20.2. The molecule has 1 fully saturated rings. The zero-order valence-corrected chi connectivity index (χ0v) is 21.1. The van der Waals surface area contributed by atoms with Gasteiger partial charge in [-0.1, -0.05) is 43.2 Å². The van der Waals surface area contributed by atoms with Gasteiger partial charge in [0, 0.05) is 17.2 Å². The van der Waals surface area contributed by atoms with Crippen molar-refractivity contribution in [2.24, 2.45) is 0 Å². The van der Waals surface area contributed by atoms with Crippen LogP contribution >= 0.6 is 11.8 Å². The monoisotopic (exact) mass is 494 g/mol. The van der Waals surface area contributed by atoms with Crippen molar-refractivity contribution in [3.05, 3.63) is 48.0 Å². The molecule has 1 saturated carbocycles. The van der Waals surface area contributed by atoms with Crippen molar-refractivity contribution in [1.29, 1.82) is 0 Å². The number of ether oxygens (including phenoxy) is 2. The van der Waals surface area contributed by atoms with Gasteiger partial charge in [-0.05, 0) is 50.1 Å². The van der Waals surface area contributed by atoms with Crippen molar-refractivity contribution in [1.82, 2.24) is 14.8 Å². The van der Waals surface area contributed by atoms with Crippen molar-refractivity contribution in [3.8, 4) is 22.9 Å². The molecular weight excluding hydrogens is 464 g/mol. The van der Waals surface area contributed by atoms with E-state index in [9.17, 15) is 9.59 Å². The van der Waals surface area contributed by atoms with Crippen LogP contribution in [0.25, 0.3) is 11.4 Å². The number of thioether (sulfide) groups is 1. The summed E-state index contributed by atoms with van der Waals surface area (Å²) in [6, 6.07) is 13.0. The number of para-hydroxylation sites is 1. The van der Waals surface area contributed by atoms with Gasteiger partial charge in [0.1, 0.15) is 0 Å². The molecule has 8 nitrogen and oxygen atoms in total. The molecule has 1 aromatic heterocycles. The number of nitrogens with zero attached hydrogens (tertiary/aromatic N) is 3. The summed E-state index contributed by atoms with van der Waals surface area (Å²) in [6.07, 6.45) is 5.63. The van der Waals surface area contributed by atoms with Crippen molar-refractivity contribution >= 4 is 29.1 Å². The van der Waals surface area contributed by atoms with E-state index in [4.69, 9.17) is 9.47 Å². The molecule has 1 amide bonds. The topological polar surface area (TPSA) is 95.3 Å². The van der Waals surface area contributed by atoms with Crippen LogP contribution in [0.1, 0.15) is 55.4 Å². The molecule has 1 heterocycles. The Balaban J connectivity index is 1.58. The summed E-state index contributed by atoms with van der Waals surface area (Å²) in [5, 5.41) is 12.5. The summed E-state index contributed by atoms with van der Waals surface area (Å²) in [4.78, 5) is 24.6. The number of hydrogen-bond donors (Lipinski definition) is 1. The van der Waals surface area contributed by atoms with Gasteiger partial charge in [-0.15, -0.1) is 10.2 Å². The van der Waals surface area contributed by atoms with Crippen LogP contribution in [-0.2, 0) is 4.79 Å². The number of ketones is 1. The second-order valence-corrected chi connectivity index (χ2v) is 9.42. The maximum absolute atomic E-state index is 12.7. The number of aromatic nitrogens is 3. The summed E-state index contributed by atoms with van der Waals surface area (Å²) >= 11 is 1.35. The lowest BCUT2D eigenvalue weighted by Crippen LogP contribution is -2.18. The molecule has 2 aromatic carbocycles. The Morgan fingerprint density at radius 2 is 1.77 bits per heavy atom. The number of Topliss-reactive ketones (excluding diaryl/α,β-unsaturated/α-hetero) is 1. The van der Waals surface area contributed by atoms with Crippen LogP contribution in [0, 0.1) is 0 Å². The molecular formula is C26H30N4O4S. The number of anilines is 1. The first-order chi connectivity index (χ1) is 17.0. The number of rotatable bonds is 9. The molecule has 1 N–H and O–H groups in total. The molecule has 0 bridgehead atoms. The second-order valence-electron chi connectivity index (χ2n) is 8.48. The standard InChI is InChI=1S/C26H30N4O4S/c1-17(31)20-11-7-8-12-21(20)27-24(32)16-35-26-29-28-25(30(26)19-9-5-4-6-10-19)18-13-14-22(33-2)23(15-18)34-3/h7-8,11-15,19H,4-6,9-10,16H2,1-3H3,(H,27,32). The van der Waals surface area contributed by atoms with Gasteiger partial charge in [-0.3, -0.25) is 14.2 Å². The third-order valence-corrected chi connectivity index (χ3v) is 7.10. The molecule has 0 atom stereocenters. The molecule has 0 aliphatic heterocycles. The predicted molar refractivity (Wildman–Crippen MR) is 136 cm³/mol. The number of methoxy groups -OCH3 is 2.